The predicted octanol–water partition coefficient (Wildman–Crippen LogP) is 3.68. The molecule has 2 fully saturated rings. The highest BCUT2D eigenvalue weighted by Gasteiger charge is 2.40. The number of methoxy groups -OCH3 is 1. The number of fused-ring (bicyclic) bond motifs is 2. The van der Waals surface area contributed by atoms with Crippen LogP contribution in [0, 0.1) is 11.8 Å². The minimum atomic E-state index is -0.497. The van der Waals surface area contributed by atoms with Gasteiger partial charge in [-0.15, -0.1) is 0 Å². The Morgan fingerprint density at radius 2 is 1.95 bits per heavy atom. The number of ether oxygens (including phenoxy) is 2. The number of anilines is 1. The second-order valence-corrected chi connectivity index (χ2v) is 6.58. The number of carbonyl (C=O) groups excluding carboxylic acids is 1. The van der Waals surface area contributed by atoms with Crippen LogP contribution in [0.5, 0.6) is 0 Å². The van der Waals surface area contributed by atoms with Gasteiger partial charge in [-0.1, -0.05) is 24.3 Å². The van der Waals surface area contributed by atoms with Gasteiger partial charge in [0, 0.05) is 12.8 Å². The number of hydrogen-bond donors (Lipinski definition) is 0. The molecule has 1 saturated heterocycles. The number of cyclic esters (lactones) is 1. The molecule has 1 aromatic carbocycles. The Balaban J connectivity index is 1.55. The zero-order chi connectivity index (χ0) is 15.3. The summed E-state index contributed by atoms with van der Waals surface area (Å²) in [6.45, 7) is 1.94. The van der Waals surface area contributed by atoms with Crippen LogP contribution in [-0.2, 0) is 9.47 Å². The summed E-state index contributed by atoms with van der Waals surface area (Å²) < 4.78 is 10.4. The third-order valence-electron chi connectivity index (χ3n) is 5.33. The van der Waals surface area contributed by atoms with E-state index in [1.54, 1.807) is 12.0 Å². The van der Waals surface area contributed by atoms with Crippen LogP contribution in [0.4, 0.5) is 10.5 Å². The summed E-state index contributed by atoms with van der Waals surface area (Å²) in [6.07, 6.45) is 6.46. The van der Waals surface area contributed by atoms with Gasteiger partial charge in [-0.3, -0.25) is 4.90 Å². The number of allylic oxidation sites excluding steroid dienone is 2. The van der Waals surface area contributed by atoms with E-state index in [-0.39, 0.29) is 12.1 Å². The van der Waals surface area contributed by atoms with Gasteiger partial charge in [0.15, 0.2) is 0 Å². The molecule has 2 bridgehead atoms. The van der Waals surface area contributed by atoms with E-state index in [9.17, 15) is 4.79 Å². The molecule has 116 valence electrons. The second-order valence-electron chi connectivity index (χ2n) is 6.58. The van der Waals surface area contributed by atoms with Crippen LogP contribution < -0.4 is 4.90 Å². The smallest absolute Gasteiger partial charge is 0.417 e. The van der Waals surface area contributed by atoms with Crippen molar-refractivity contribution < 1.29 is 14.3 Å². The van der Waals surface area contributed by atoms with Gasteiger partial charge < -0.3 is 9.47 Å². The number of nitrogens with zero attached hydrogens (tertiary/aromatic N) is 1. The quantitative estimate of drug-likeness (QED) is 0.799. The third-order valence-corrected chi connectivity index (χ3v) is 5.33. The van der Waals surface area contributed by atoms with Gasteiger partial charge >= 0.3 is 6.09 Å². The van der Waals surface area contributed by atoms with E-state index in [4.69, 9.17) is 9.47 Å². The van der Waals surface area contributed by atoms with Gasteiger partial charge in [0.2, 0.25) is 6.29 Å². The molecule has 4 rings (SSSR count). The number of carbonyl (C=O) groups is 1. The summed E-state index contributed by atoms with van der Waals surface area (Å²) in [5.41, 5.74) is 2.25. The lowest BCUT2D eigenvalue weighted by Crippen LogP contribution is -2.34. The molecule has 1 aromatic rings. The molecule has 1 heterocycles. The Hall–Kier alpha value is -1.81. The summed E-state index contributed by atoms with van der Waals surface area (Å²) in [4.78, 5) is 13.7. The summed E-state index contributed by atoms with van der Waals surface area (Å²) in [6, 6.07) is 8.26. The first-order valence-corrected chi connectivity index (χ1v) is 7.98. The average molecular weight is 299 g/mol. The monoisotopic (exact) mass is 299 g/mol. The lowest BCUT2D eigenvalue weighted by molar-refractivity contribution is -0.0640. The molecule has 5 atom stereocenters. The van der Waals surface area contributed by atoms with Gasteiger partial charge in [-0.05, 0) is 55.2 Å². The SMILES string of the molecule is COC1OC(=O)N(c2ccc(C3CC4C=CC3C4)cc2)C1C. The summed E-state index contributed by atoms with van der Waals surface area (Å²) in [5, 5.41) is 0. The minimum absolute atomic E-state index is 0.117. The first kappa shape index (κ1) is 13.8. The molecule has 4 heteroatoms. The lowest BCUT2D eigenvalue weighted by Gasteiger charge is -2.22. The lowest BCUT2D eigenvalue weighted by atomic mass is 9.87. The van der Waals surface area contributed by atoms with Crippen molar-refractivity contribution in [1.82, 2.24) is 0 Å². The minimum Gasteiger partial charge on any atom is -0.417 e. The maximum atomic E-state index is 12.0. The van der Waals surface area contributed by atoms with Crippen LogP contribution in [0.1, 0.15) is 31.2 Å². The van der Waals surface area contributed by atoms with Crippen molar-refractivity contribution in [2.75, 3.05) is 12.0 Å². The highest BCUT2D eigenvalue weighted by Crippen LogP contribution is 2.48. The fourth-order valence-corrected chi connectivity index (χ4v) is 4.17. The highest BCUT2D eigenvalue weighted by atomic mass is 16.7. The van der Waals surface area contributed by atoms with E-state index in [1.165, 1.54) is 18.4 Å². The molecular weight excluding hydrogens is 278 g/mol. The van der Waals surface area contributed by atoms with E-state index in [0.717, 1.165) is 11.6 Å². The predicted molar refractivity (Wildman–Crippen MR) is 83.8 cm³/mol. The Morgan fingerprint density at radius 1 is 1.18 bits per heavy atom. The first-order chi connectivity index (χ1) is 10.7. The molecule has 1 amide bonds. The van der Waals surface area contributed by atoms with Crippen molar-refractivity contribution in [3.8, 4) is 0 Å². The Labute approximate surface area is 130 Å². The van der Waals surface area contributed by atoms with E-state index in [0.29, 0.717) is 11.8 Å². The van der Waals surface area contributed by atoms with Crippen LogP contribution in [0.3, 0.4) is 0 Å². The molecule has 0 N–H and O–H groups in total. The summed E-state index contributed by atoms with van der Waals surface area (Å²) >= 11 is 0. The van der Waals surface area contributed by atoms with E-state index in [1.807, 2.05) is 19.1 Å². The summed E-state index contributed by atoms with van der Waals surface area (Å²) in [5.74, 6) is 2.11. The van der Waals surface area contributed by atoms with E-state index < -0.39 is 6.29 Å². The molecule has 22 heavy (non-hydrogen) atoms. The maximum Gasteiger partial charge on any atom is 0.417 e. The Kier molecular flexibility index (Phi) is 3.22. The zero-order valence-electron chi connectivity index (χ0n) is 12.9. The molecule has 2 aliphatic carbocycles. The molecule has 1 saturated carbocycles. The molecule has 0 aromatic heterocycles. The summed E-state index contributed by atoms with van der Waals surface area (Å²) in [7, 11) is 1.56. The van der Waals surface area contributed by atoms with Gasteiger partial charge in [0.1, 0.15) is 6.04 Å². The van der Waals surface area contributed by atoms with E-state index >= 15 is 0 Å². The number of rotatable bonds is 3. The third kappa shape index (κ3) is 2.05. The highest BCUT2D eigenvalue weighted by molar-refractivity contribution is 5.90. The van der Waals surface area contributed by atoms with Crippen LogP contribution in [0.25, 0.3) is 0 Å². The maximum absolute atomic E-state index is 12.0. The van der Waals surface area contributed by atoms with Gasteiger partial charge in [-0.25, -0.2) is 4.79 Å². The number of benzene rings is 1. The normalized spacial score (nSPS) is 36.2. The van der Waals surface area contributed by atoms with Crippen molar-refractivity contribution in [2.45, 2.75) is 38.0 Å². The largest absolute Gasteiger partial charge is 0.417 e. The van der Waals surface area contributed by atoms with Crippen molar-refractivity contribution >= 4 is 11.8 Å². The molecule has 4 nitrogen and oxygen atoms in total. The standard InChI is InChI=1S/C18H21NO3/c1-11-17(21-2)22-18(20)19(11)15-7-5-13(6-8-15)16-10-12-3-4-14(16)9-12/h3-8,11-12,14,16-17H,9-10H2,1-2H3. The van der Waals surface area contributed by atoms with E-state index in [2.05, 4.69) is 24.3 Å². The van der Waals surface area contributed by atoms with Gasteiger partial charge in [-0.2, -0.15) is 0 Å². The molecule has 0 spiro atoms. The average Bonchev–Trinajstić information content (AvgIpc) is 3.22. The van der Waals surface area contributed by atoms with Crippen molar-refractivity contribution in [2.24, 2.45) is 11.8 Å². The van der Waals surface area contributed by atoms with Crippen molar-refractivity contribution in [3.63, 3.8) is 0 Å². The van der Waals surface area contributed by atoms with Crippen molar-refractivity contribution in [3.05, 3.63) is 42.0 Å². The molecule has 1 aliphatic heterocycles. The van der Waals surface area contributed by atoms with Crippen LogP contribution >= 0.6 is 0 Å². The Morgan fingerprint density at radius 3 is 2.50 bits per heavy atom. The molecule has 3 aliphatic rings. The topological polar surface area (TPSA) is 38.8 Å². The first-order valence-electron chi connectivity index (χ1n) is 7.98. The molecule has 5 unspecified atom stereocenters. The Bertz CT molecular complexity index is 609. The molecular formula is C18H21NO3. The molecule has 0 radical (unpaired) electrons. The fourth-order valence-electron chi connectivity index (χ4n) is 4.17. The number of hydrogen-bond acceptors (Lipinski definition) is 3. The fraction of sp³-hybridized carbons (Fsp3) is 0.500. The second kappa shape index (κ2) is 5.13. The number of amides is 1. The van der Waals surface area contributed by atoms with Crippen LogP contribution in [0.2, 0.25) is 0 Å². The van der Waals surface area contributed by atoms with Crippen LogP contribution in [-0.4, -0.2) is 25.5 Å². The van der Waals surface area contributed by atoms with Crippen molar-refractivity contribution in [1.29, 1.82) is 0 Å². The van der Waals surface area contributed by atoms with Gasteiger partial charge in [0.25, 0.3) is 0 Å². The van der Waals surface area contributed by atoms with Gasteiger partial charge in [0.05, 0.1) is 0 Å². The van der Waals surface area contributed by atoms with Crippen LogP contribution in [0.15, 0.2) is 36.4 Å². The zero-order valence-corrected chi connectivity index (χ0v) is 12.9.